The zero-order chi connectivity index (χ0) is 15.6. The molecule has 112 valence electrons. The highest BCUT2D eigenvalue weighted by molar-refractivity contribution is 6.01. The molecule has 2 aromatic rings. The standard InChI is InChI=1S/C15H19N3O3/c1-4-6-12-17-11-8-5-7-10(15(20)21)13(11)18(12)9(2)14(19)16-3/h5,7-9H,4,6H2,1-3H3,(H,16,19)(H,20,21). The number of hydrogen-bond donors (Lipinski definition) is 2. The average molecular weight is 289 g/mol. The summed E-state index contributed by atoms with van der Waals surface area (Å²) in [6.45, 7) is 3.77. The van der Waals surface area contributed by atoms with Crippen LogP contribution in [0.5, 0.6) is 0 Å². The van der Waals surface area contributed by atoms with Gasteiger partial charge in [0.05, 0.1) is 16.6 Å². The van der Waals surface area contributed by atoms with E-state index in [2.05, 4.69) is 10.3 Å². The number of carbonyl (C=O) groups excluding carboxylic acids is 1. The SMILES string of the molecule is CCCc1nc2cccc(C(=O)O)c2n1C(C)C(=O)NC. The number of fused-ring (bicyclic) bond motifs is 1. The van der Waals surface area contributed by atoms with Crippen molar-refractivity contribution in [1.82, 2.24) is 14.9 Å². The van der Waals surface area contributed by atoms with Gasteiger partial charge in [0, 0.05) is 13.5 Å². The van der Waals surface area contributed by atoms with E-state index < -0.39 is 12.0 Å². The van der Waals surface area contributed by atoms with Gasteiger partial charge >= 0.3 is 5.97 Å². The molecule has 0 fully saturated rings. The monoisotopic (exact) mass is 289 g/mol. The molecular weight excluding hydrogens is 270 g/mol. The molecule has 1 atom stereocenters. The molecule has 6 heteroatoms. The normalized spacial score (nSPS) is 12.3. The Morgan fingerprint density at radius 2 is 2.14 bits per heavy atom. The molecule has 0 saturated heterocycles. The summed E-state index contributed by atoms with van der Waals surface area (Å²) in [7, 11) is 1.57. The highest BCUT2D eigenvalue weighted by atomic mass is 16.4. The number of rotatable bonds is 5. The van der Waals surface area contributed by atoms with Gasteiger partial charge in [-0.15, -0.1) is 0 Å². The van der Waals surface area contributed by atoms with Crippen molar-refractivity contribution in [3.05, 3.63) is 29.6 Å². The second-order valence-corrected chi connectivity index (χ2v) is 4.92. The first-order valence-corrected chi connectivity index (χ1v) is 6.96. The van der Waals surface area contributed by atoms with Gasteiger partial charge in [-0.2, -0.15) is 0 Å². The Bertz CT molecular complexity index is 691. The summed E-state index contributed by atoms with van der Waals surface area (Å²) in [6, 6.07) is 4.47. The number of hydrogen-bond acceptors (Lipinski definition) is 3. The molecule has 0 aliphatic rings. The van der Waals surface area contributed by atoms with E-state index in [1.807, 2.05) is 6.92 Å². The first-order chi connectivity index (χ1) is 10.0. The zero-order valence-corrected chi connectivity index (χ0v) is 12.4. The molecule has 6 nitrogen and oxygen atoms in total. The fraction of sp³-hybridized carbons (Fsp3) is 0.400. The summed E-state index contributed by atoms with van der Waals surface area (Å²) < 4.78 is 1.74. The maximum atomic E-state index is 12.0. The molecule has 0 spiro atoms. The van der Waals surface area contributed by atoms with Gasteiger partial charge in [-0.05, 0) is 25.5 Å². The van der Waals surface area contributed by atoms with Gasteiger partial charge in [-0.1, -0.05) is 13.0 Å². The van der Waals surface area contributed by atoms with E-state index in [1.165, 1.54) is 6.07 Å². The third kappa shape index (κ3) is 2.61. The predicted octanol–water partition coefficient (Wildman–Crippen LogP) is 1.99. The van der Waals surface area contributed by atoms with Crippen LogP contribution in [0.2, 0.25) is 0 Å². The van der Waals surface area contributed by atoms with Crippen LogP contribution in [0.25, 0.3) is 11.0 Å². The molecule has 2 N–H and O–H groups in total. The minimum atomic E-state index is -1.02. The quantitative estimate of drug-likeness (QED) is 0.881. The fourth-order valence-electron chi connectivity index (χ4n) is 2.51. The Hall–Kier alpha value is -2.37. The molecule has 0 radical (unpaired) electrons. The number of carboxylic acids is 1. The van der Waals surface area contributed by atoms with Gasteiger partial charge in [0.25, 0.3) is 0 Å². The largest absolute Gasteiger partial charge is 0.478 e. The van der Waals surface area contributed by atoms with E-state index in [0.29, 0.717) is 17.5 Å². The third-order valence-corrected chi connectivity index (χ3v) is 3.50. The number of nitrogens with zero attached hydrogens (tertiary/aromatic N) is 2. The summed E-state index contributed by atoms with van der Waals surface area (Å²) >= 11 is 0. The van der Waals surface area contributed by atoms with E-state index in [0.717, 1.165) is 12.2 Å². The van der Waals surface area contributed by atoms with Crippen LogP contribution < -0.4 is 5.32 Å². The predicted molar refractivity (Wildman–Crippen MR) is 79.5 cm³/mol. The summed E-state index contributed by atoms with van der Waals surface area (Å²) in [5.41, 5.74) is 1.27. The number of amides is 1. The lowest BCUT2D eigenvalue weighted by atomic mass is 10.1. The number of para-hydroxylation sites is 1. The summed E-state index contributed by atoms with van der Waals surface area (Å²) in [4.78, 5) is 27.9. The molecule has 0 aliphatic carbocycles. The smallest absolute Gasteiger partial charge is 0.337 e. The van der Waals surface area contributed by atoms with Crippen LogP contribution in [-0.2, 0) is 11.2 Å². The molecule has 21 heavy (non-hydrogen) atoms. The first-order valence-electron chi connectivity index (χ1n) is 6.96. The lowest BCUT2D eigenvalue weighted by Gasteiger charge is -2.17. The van der Waals surface area contributed by atoms with Crippen molar-refractivity contribution in [2.45, 2.75) is 32.7 Å². The molecule has 0 aliphatic heterocycles. The number of carboxylic acid groups (broad SMARTS) is 1. The van der Waals surface area contributed by atoms with Crippen LogP contribution in [0.1, 0.15) is 42.5 Å². The van der Waals surface area contributed by atoms with Crippen molar-refractivity contribution >= 4 is 22.9 Å². The van der Waals surface area contributed by atoms with Gasteiger partial charge < -0.3 is 15.0 Å². The molecule has 1 heterocycles. The number of aryl methyl sites for hydroxylation is 1. The van der Waals surface area contributed by atoms with Crippen LogP contribution in [0.3, 0.4) is 0 Å². The topological polar surface area (TPSA) is 84.2 Å². The van der Waals surface area contributed by atoms with Crippen LogP contribution in [0.4, 0.5) is 0 Å². The number of carbonyl (C=O) groups is 2. The van der Waals surface area contributed by atoms with Crippen LogP contribution in [-0.4, -0.2) is 33.6 Å². The second kappa shape index (κ2) is 5.95. The number of aromatic nitrogens is 2. The van der Waals surface area contributed by atoms with E-state index in [-0.39, 0.29) is 11.5 Å². The maximum absolute atomic E-state index is 12.0. The second-order valence-electron chi connectivity index (χ2n) is 4.92. The van der Waals surface area contributed by atoms with Crippen molar-refractivity contribution in [3.63, 3.8) is 0 Å². The number of benzene rings is 1. The van der Waals surface area contributed by atoms with Crippen molar-refractivity contribution < 1.29 is 14.7 Å². The molecule has 0 saturated carbocycles. The Morgan fingerprint density at radius 3 is 2.71 bits per heavy atom. The van der Waals surface area contributed by atoms with Crippen molar-refractivity contribution in [1.29, 1.82) is 0 Å². The maximum Gasteiger partial charge on any atom is 0.337 e. The third-order valence-electron chi connectivity index (χ3n) is 3.50. The van der Waals surface area contributed by atoms with E-state index in [9.17, 15) is 14.7 Å². The van der Waals surface area contributed by atoms with Gasteiger partial charge in [0.15, 0.2) is 0 Å². The lowest BCUT2D eigenvalue weighted by molar-refractivity contribution is -0.123. The van der Waals surface area contributed by atoms with Gasteiger partial charge in [-0.3, -0.25) is 4.79 Å². The average Bonchev–Trinajstić information content (AvgIpc) is 2.83. The molecule has 1 unspecified atom stereocenters. The Labute approximate surface area is 122 Å². The fourth-order valence-corrected chi connectivity index (χ4v) is 2.51. The van der Waals surface area contributed by atoms with Crippen LogP contribution in [0, 0.1) is 0 Å². The van der Waals surface area contributed by atoms with E-state index in [4.69, 9.17) is 0 Å². The summed E-state index contributed by atoms with van der Waals surface area (Å²) in [5.74, 6) is -0.460. The Balaban J connectivity index is 2.76. The Kier molecular flexibility index (Phi) is 4.26. The van der Waals surface area contributed by atoms with E-state index >= 15 is 0 Å². The molecule has 1 aromatic heterocycles. The molecule has 1 amide bonds. The molecule has 1 aromatic carbocycles. The summed E-state index contributed by atoms with van der Waals surface area (Å²) in [6.07, 6.45) is 1.56. The highest BCUT2D eigenvalue weighted by Crippen LogP contribution is 2.25. The first kappa shape index (κ1) is 15.0. The van der Waals surface area contributed by atoms with Gasteiger partial charge in [0.2, 0.25) is 5.91 Å². The molecule has 2 rings (SSSR count). The van der Waals surface area contributed by atoms with Crippen molar-refractivity contribution in [2.75, 3.05) is 7.05 Å². The minimum Gasteiger partial charge on any atom is -0.478 e. The van der Waals surface area contributed by atoms with Crippen LogP contribution in [0.15, 0.2) is 18.2 Å². The van der Waals surface area contributed by atoms with E-state index in [1.54, 1.807) is 30.7 Å². The Morgan fingerprint density at radius 1 is 1.43 bits per heavy atom. The zero-order valence-electron chi connectivity index (χ0n) is 12.4. The number of imidazole rings is 1. The highest BCUT2D eigenvalue weighted by Gasteiger charge is 2.23. The van der Waals surface area contributed by atoms with Crippen LogP contribution >= 0.6 is 0 Å². The van der Waals surface area contributed by atoms with Gasteiger partial charge in [-0.25, -0.2) is 9.78 Å². The number of likely N-dealkylation sites (N-methyl/N-ethyl adjacent to an activating group) is 1. The molecular formula is C15H19N3O3. The van der Waals surface area contributed by atoms with Crippen molar-refractivity contribution in [3.8, 4) is 0 Å². The summed E-state index contributed by atoms with van der Waals surface area (Å²) in [5, 5.41) is 12.0. The lowest BCUT2D eigenvalue weighted by Crippen LogP contribution is -2.29. The number of aromatic carboxylic acids is 1. The number of nitrogens with one attached hydrogen (secondary N) is 1. The van der Waals surface area contributed by atoms with Crippen molar-refractivity contribution in [2.24, 2.45) is 0 Å². The van der Waals surface area contributed by atoms with Gasteiger partial charge in [0.1, 0.15) is 11.9 Å². The molecule has 0 bridgehead atoms. The minimum absolute atomic E-state index is 0.165.